The molecule has 1 heterocycles. The minimum atomic E-state index is 0.298. The average Bonchev–Trinajstić information content (AvgIpc) is 2.40. The Morgan fingerprint density at radius 3 is 2.67 bits per heavy atom. The highest BCUT2D eigenvalue weighted by Crippen LogP contribution is 2.24. The number of anilines is 2. The molecule has 0 aliphatic carbocycles. The topological polar surface area (TPSA) is 55.0 Å². The van der Waals surface area contributed by atoms with Crippen LogP contribution >= 0.6 is 11.6 Å². The van der Waals surface area contributed by atoms with Crippen LogP contribution in [0.2, 0.25) is 5.15 Å². The van der Waals surface area contributed by atoms with Gasteiger partial charge in [-0.2, -0.15) is 0 Å². The van der Waals surface area contributed by atoms with Crippen LogP contribution in [0.4, 0.5) is 11.5 Å². The maximum absolute atomic E-state index is 5.87. The number of rotatable bonds is 4. The molecule has 0 spiro atoms. The van der Waals surface area contributed by atoms with Crippen molar-refractivity contribution >= 4 is 23.1 Å². The van der Waals surface area contributed by atoms with Crippen molar-refractivity contribution in [1.82, 2.24) is 9.97 Å². The van der Waals surface area contributed by atoms with E-state index < -0.39 is 0 Å². The van der Waals surface area contributed by atoms with E-state index in [4.69, 9.17) is 17.3 Å². The summed E-state index contributed by atoms with van der Waals surface area (Å²) in [4.78, 5) is 9.98. The molecule has 0 bridgehead atoms. The fourth-order valence-electron chi connectivity index (χ4n) is 1.72. The number of nitrogens with two attached hydrogens (primary N) is 1. The zero-order valence-electron chi connectivity index (χ0n) is 10.2. The normalized spacial score (nSPS) is 10.3. The van der Waals surface area contributed by atoms with Crippen LogP contribution in [0.3, 0.4) is 0 Å². The predicted octanol–water partition coefficient (Wildman–Crippen LogP) is 2.39. The van der Waals surface area contributed by atoms with Crippen LogP contribution in [-0.4, -0.2) is 23.6 Å². The maximum Gasteiger partial charge on any atom is 0.157 e. The lowest BCUT2D eigenvalue weighted by Crippen LogP contribution is -2.22. The highest BCUT2D eigenvalue weighted by Gasteiger charge is 2.10. The predicted molar refractivity (Wildman–Crippen MR) is 74.9 cm³/mol. The number of aromatic nitrogens is 2. The van der Waals surface area contributed by atoms with Crippen LogP contribution in [0.5, 0.6) is 0 Å². The Kier molecular flexibility index (Phi) is 3.99. The third kappa shape index (κ3) is 2.90. The number of nitrogens with zero attached hydrogens (tertiary/aromatic N) is 3. The third-order valence-electron chi connectivity index (χ3n) is 2.75. The van der Waals surface area contributed by atoms with Crippen LogP contribution in [0.15, 0.2) is 36.7 Å². The number of hydrogen-bond acceptors (Lipinski definition) is 4. The van der Waals surface area contributed by atoms with Gasteiger partial charge in [-0.15, -0.1) is 0 Å². The van der Waals surface area contributed by atoms with Gasteiger partial charge in [-0.05, 0) is 12.0 Å². The first-order valence-corrected chi connectivity index (χ1v) is 6.07. The Labute approximate surface area is 111 Å². The lowest BCUT2D eigenvalue weighted by atomic mass is 10.1. The van der Waals surface area contributed by atoms with E-state index in [1.165, 1.54) is 11.9 Å². The van der Waals surface area contributed by atoms with Crippen molar-refractivity contribution in [2.75, 3.05) is 24.2 Å². The molecule has 2 rings (SSSR count). The minimum Gasteiger partial charge on any atom is -0.393 e. The van der Waals surface area contributed by atoms with Crippen LogP contribution in [0, 0.1) is 0 Å². The number of nitrogen functional groups attached to an aromatic ring is 1. The second-order valence-electron chi connectivity index (χ2n) is 4.06. The number of likely N-dealkylation sites (N-methyl/N-ethyl adjacent to an activating group) is 1. The molecular formula is C13H15ClN4. The van der Waals surface area contributed by atoms with E-state index in [1.54, 1.807) is 0 Å². The van der Waals surface area contributed by atoms with Gasteiger partial charge in [0, 0.05) is 13.6 Å². The van der Waals surface area contributed by atoms with Crippen molar-refractivity contribution in [2.45, 2.75) is 6.42 Å². The average molecular weight is 263 g/mol. The number of halogens is 1. The molecule has 2 aromatic rings. The molecule has 0 saturated heterocycles. The van der Waals surface area contributed by atoms with Gasteiger partial charge in [-0.1, -0.05) is 41.9 Å². The number of benzene rings is 1. The van der Waals surface area contributed by atoms with Gasteiger partial charge in [0.15, 0.2) is 11.0 Å². The van der Waals surface area contributed by atoms with Crippen LogP contribution < -0.4 is 10.6 Å². The molecule has 4 nitrogen and oxygen atoms in total. The Hall–Kier alpha value is -1.81. The zero-order valence-corrected chi connectivity index (χ0v) is 10.9. The monoisotopic (exact) mass is 262 g/mol. The molecule has 2 N–H and O–H groups in total. The van der Waals surface area contributed by atoms with Gasteiger partial charge >= 0.3 is 0 Å². The van der Waals surface area contributed by atoms with E-state index >= 15 is 0 Å². The zero-order chi connectivity index (χ0) is 13.0. The van der Waals surface area contributed by atoms with Crippen molar-refractivity contribution in [3.63, 3.8) is 0 Å². The molecular weight excluding hydrogens is 248 g/mol. The molecule has 0 radical (unpaired) electrons. The summed E-state index contributed by atoms with van der Waals surface area (Å²) in [5.41, 5.74) is 7.56. The lowest BCUT2D eigenvalue weighted by Gasteiger charge is -2.19. The van der Waals surface area contributed by atoms with Gasteiger partial charge in [0.25, 0.3) is 0 Å². The first-order valence-electron chi connectivity index (χ1n) is 5.69. The molecule has 18 heavy (non-hydrogen) atoms. The summed E-state index contributed by atoms with van der Waals surface area (Å²) in [6.07, 6.45) is 2.35. The second-order valence-corrected chi connectivity index (χ2v) is 4.42. The van der Waals surface area contributed by atoms with E-state index in [1.807, 2.05) is 30.1 Å². The largest absolute Gasteiger partial charge is 0.393 e. The molecule has 0 fully saturated rings. The molecule has 0 unspecified atom stereocenters. The van der Waals surface area contributed by atoms with Crippen LogP contribution in [-0.2, 0) is 6.42 Å². The standard InChI is InChI=1S/C13H15ClN4/c1-18(8-7-10-5-3-2-4-6-10)13-11(15)12(14)16-9-17-13/h2-6,9H,7-8,15H2,1H3. The molecule has 0 aliphatic rings. The molecule has 1 aromatic carbocycles. The van der Waals surface area contributed by atoms with E-state index in [-0.39, 0.29) is 0 Å². The van der Waals surface area contributed by atoms with Crippen molar-refractivity contribution in [2.24, 2.45) is 0 Å². The molecule has 94 valence electrons. The first kappa shape index (κ1) is 12.6. The van der Waals surface area contributed by atoms with E-state index in [2.05, 4.69) is 22.1 Å². The van der Waals surface area contributed by atoms with Crippen LogP contribution in [0.25, 0.3) is 0 Å². The SMILES string of the molecule is CN(CCc1ccccc1)c1ncnc(Cl)c1N. The Morgan fingerprint density at radius 1 is 1.22 bits per heavy atom. The Bertz CT molecular complexity index is 516. The smallest absolute Gasteiger partial charge is 0.157 e. The van der Waals surface area contributed by atoms with Gasteiger partial charge in [0.05, 0.1) is 0 Å². The van der Waals surface area contributed by atoms with Gasteiger partial charge in [-0.3, -0.25) is 0 Å². The fraction of sp³-hybridized carbons (Fsp3) is 0.231. The fourth-order valence-corrected chi connectivity index (χ4v) is 1.85. The molecule has 5 heteroatoms. The molecule has 0 saturated carbocycles. The quantitative estimate of drug-likeness (QED) is 0.860. The van der Waals surface area contributed by atoms with Crippen molar-refractivity contribution in [1.29, 1.82) is 0 Å². The first-order chi connectivity index (χ1) is 8.68. The van der Waals surface area contributed by atoms with Crippen molar-refractivity contribution in [3.8, 4) is 0 Å². The molecule has 0 atom stereocenters. The molecule has 1 aromatic heterocycles. The summed E-state index contributed by atoms with van der Waals surface area (Å²) in [5.74, 6) is 0.672. The second kappa shape index (κ2) is 5.69. The summed E-state index contributed by atoms with van der Waals surface area (Å²) in [6, 6.07) is 10.3. The summed E-state index contributed by atoms with van der Waals surface area (Å²) < 4.78 is 0. The lowest BCUT2D eigenvalue weighted by molar-refractivity contribution is 0.857. The van der Waals surface area contributed by atoms with Crippen LogP contribution in [0.1, 0.15) is 5.56 Å². The minimum absolute atomic E-state index is 0.298. The van der Waals surface area contributed by atoms with E-state index in [9.17, 15) is 0 Å². The molecule has 0 amide bonds. The summed E-state index contributed by atoms with van der Waals surface area (Å²) in [5, 5.41) is 0.298. The number of hydrogen-bond donors (Lipinski definition) is 1. The Balaban J connectivity index is 2.04. The van der Waals surface area contributed by atoms with Gasteiger partial charge in [-0.25, -0.2) is 9.97 Å². The molecule has 0 aliphatic heterocycles. The maximum atomic E-state index is 5.87. The summed E-state index contributed by atoms with van der Waals surface area (Å²) >= 11 is 5.87. The summed E-state index contributed by atoms with van der Waals surface area (Å²) in [6.45, 7) is 0.821. The van der Waals surface area contributed by atoms with Gasteiger partial charge < -0.3 is 10.6 Å². The van der Waals surface area contributed by atoms with Gasteiger partial charge in [0.1, 0.15) is 12.0 Å². The Morgan fingerprint density at radius 2 is 1.94 bits per heavy atom. The van der Waals surface area contributed by atoms with E-state index in [0.717, 1.165) is 13.0 Å². The highest BCUT2D eigenvalue weighted by atomic mass is 35.5. The van der Waals surface area contributed by atoms with Crippen molar-refractivity contribution in [3.05, 3.63) is 47.4 Å². The van der Waals surface area contributed by atoms with Crippen molar-refractivity contribution < 1.29 is 0 Å². The highest BCUT2D eigenvalue weighted by molar-refractivity contribution is 6.32. The summed E-state index contributed by atoms with van der Waals surface area (Å²) in [7, 11) is 1.94. The van der Waals surface area contributed by atoms with Gasteiger partial charge in [0.2, 0.25) is 0 Å². The van der Waals surface area contributed by atoms with E-state index in [0.29, 0.717) is 16.7 Å². The third-order valence-corrected chi connectivity index (χ3v) is 3.06.